The molecule has 3 nitrogen and oxygen atoms in total. The van der Waals surface area contributed by atoms with Gasteiger partial charge in [0.15, 0.2) is 0 Å². The number of pyridine rings is 1. The van der Waals surface area contributed by atoms with Crippen LogP contribution in [0.15, 0.2) is 10.7 Å². The molecular weight excluding hydrogens is 299 g/mol. The normalized spacial score (nSPS) is 11.6. The summed E-state index contributed by atoms with van der Waals surface area (Å²) in [6.07, 6.45) is -2.89. The summed E-state index contributed by atoms with van der Waals surface area (Å²) < 4.78 is 37.6. The number of aromatic nitrogens is 1. The van der Waals surface area contributed by atoms with E-state index in [2.05, 4.69) is 20.9 Å². The van der Waals surface area contributed by atoms with Gasteiger partial charge in [-0.25, -0.2) is 4.98 Å². The van der Waals surface area contributed by atoms with Crippen LogP contribution in [0.25, 0.3) is 0 Å². The molecule has 1 rings (SSSR count). The van der Waals surface area contributed by atoms with Crippen LogP contribution in [-0.2, 0) is 0 Å². The number of nitrogen functional groups attached to an aromatic ring is 1. The summed E-state index contributed by atoms with van der Waals surface area (Å²) in [5.74, 6) is 0.261. The van der Waals surface area contributed by atoms with Gasteiger partial charge in [-0.2, -0.15) is 13.2 Å². The fourth-order valence-electron chi connectivity index (χ4n) is 1.35. The van der Waals surface area contributed by atoms with Crippen molar-refractivity contribution in [3.63, 3.8) is 0 Å². The van der Waals surface area contributed by atoms with Crippen LogP contribution in [0, 0.1) is 6.92 Å². The second kappa shape index (κ2) is 5.12. The van der Waals surface area contributed by atoms with Gasteiger partial charge in [-0.15, -0.1) is 0 Å². The van der Waals surface area contributed by atoms with E-state index in [4.69, 9.17) is 5.73 Å². The molecule has 0 saturated heterocycles. The molecule has 0 aliphatic carbocycles. The van der Waals surface area contributed by atoms with Crippen molar-refractivity contribution in [2.24, 2.45) is 0 Å². The number of hydrogen-bond acceptors (Lipinski definition) is 3. The van der Waals surface area contributed by atoms with Crippen LogP contribution in [0.2, 0.25) is 0 Å². The quantitative estimate of drug-likeness (QED) is 0.932. The van der Waals surface area contributed by atoms with Crippen molar-refractivity contribution < 1.29 is 13.2 Å². The van der Waals surface area contributed by atoms with Crippen molar-refractivity contribution in [2.75, 3.05) is 23.7 Å². The summed E-state index contributed by atoms with van der Waals surface area (Å²) >= 11 is 3.23. The van der Waals surface area contributed by atoms with E-state index in [9.17, 15) is 13.2 Å². The topological polar surface area (TPSA) is 42.2 Å². The average molecular weight is 312 g/mol. The summed E-state index contributed by atoms with van der Waals surface area (Å²) in [6, 6.07) is 0. The van der Waals surface area contributed by atoms with Crippen LogP contribution < -0.4 is 10.6 Å². The number of halogens is 4. The monoisotopic (exact) mass is 311 g/mol. The molecule has 2 N–H and O–H groups in total. The van der Waals surface area contributed by atoms with Crippen LogP contribution in [0.5, 0.6) is 0 Å². The Kier molecular flexibility index (Phi) is 4.24. The number of alkyl halides is 3. The highest BCUT2D eigenvalue weighted by Crippen LogP contribution is 2.31. The van der Waals surface area contributed by atoms with Crippen molar-refractivity contribution in [1.82, 2.24) is 4.98 Å². The molecule has 0 unspecified atom stereocenters. The van der Waals surface area contributed by atoms with Gasteiger partial charge in [0, 0.05) is 6.54 Å². The largest absolute Gasteiger partial charge is 0.405 e. The lowest BCUT2D eigenvalue weighted by atomic mass is 10.2. The lowest BCUT2D eigenvalue weighted by Crippen LogP contribution is -2.35. The summed E-state index contributed by atoms with van der Waals surface area (Å²) in [6.45, 7) is 2.56. The van der Waals surface area contributed by atoms with Gasteiger partial charge in [0.1, 0.15) is 12.4 Å². The van der Waals surface area contributed by atoms with E-state index < -0.39 is 12.7 Å². The van der Waals surface area contributed by atoms with Crippen LogP contribution in [-0.4, -0.2) is 24.2 Å². The van der Waals surface area contributed by atoms with E-state index >= 15 is 0 Å². The van der Waals surface area contributed by atoms with Crippen LogP contribution in [0.3, 0.4) is 0 Å². The van der Waals surface area contributed by atoms with Crippen molar-refractivity contribution >= 4 is 27.4 Å². The molecule has 0 saturated carbocycles. The minimum atomic E-state index is -4.26. The first-order valence-electron chi connectivity index (χ1n) is 4.98. The summed E-state index contributed by atoms with van der Waals surface area (Å²) in [7, 11) is 0. The van der Waals surface area contributed by atoms with Gasteiger partial charge in [-0.3, -0.25) is 0 Å². The Labute approximate surface area is 106 Å². The van der Waals surface area contributed by atoms with Crippen molar-refractivity contribution in [1.29, 1.82) is 0 Å². The molecule has 0 aromatic carbocycles. The van der Waals surface area contributed by atoms with E-state index in [1.54, 1.807) is 13.8 Å². The molecule has 1 heterocycles. The molecule has 0 amide bonds. The fourth-order valence-corrected chi connectivity index (χ4v) is 1.93. The lowest BCUT2D eigenvalue weighted by molar-refractivity contribution is -0.119. The Morgan fingerprint density at radius 2 is 2.06 bits per heavy atom. The maximum absolute atomic E-state index is 12.4. The molecule has 17 heavy (non-hydrogen) atoms. The Balaban J connectivity index is 3.09. The van der Waals surface area contributed by atoms with Gasteiger partial charge < -0.3 is 10.6 Å². The number of anilines is 2. The zero-order chi connectivity index (χ0) is 13.2. The van der Waals surface area contributed by atoms with Crippen molar-refractivity contribution in [2.45, 2.75) is 20.0 Å². The number of rotatable bonds is 3. The third-order valence-electron chi connectivity index (χ3n) is 2.34. The van der Waals surface area contributed by atoms with Crippen LogP contribution in [0.1, 0.15) is 12.5 Å². The van der Waals surface area contributed by atoms with E-state index in [1.807, 2.05) is 0 Å². The Bertz CT molecular complexity index is 407. The average Bonchev–Trinajstić information content (AvgIpc) is 2.22. The van der Waals surface area contributed by atoms with Crippen LogP contribution in [0.4, 0.5) is 24.7 Å². The first-order valence-corrected chi connectivity index (χ1v) is 5.77. The van der Waals surface area contributed by atoms with E-state index in [0.717, 1.165) is 4.90 Å². The first-order chi connectivity index (χ1) is 7.76. The molecule has 0 radical (unpaired) electrons. The second-order valence-corrected chi connectivity index (χ2v) is 4.40. The third kappa shape index (κ3) is 3.49. The Hall–Kier alpha value is -0.980. The summed E-state index contributed by atoms with van der Waals surface area (Å²) in [4.78, 5) is 5.10. The molecule has 7 heteroatoms. The summed E-state index contributed by atoms with van der Waals surface area (Å²) in [5.41, 5.74) is 6.76. The van der Waals surface area contributed by atoms with Crippen molar-refractivity contribution in [3.8, 4) is 0 Å². The molecular formula is C10H13BrF3N3. The molecule has 0 spiro atoms. The van der Waals surface area contributed by atoms with Gasteiger partial charge in [0.25, 0.3) is 0 Å². The van der Waals surface area contributed by atoms with Gasteiger partial charge in [0.05, 0.1) is 16.4 Å². The lowest BCUT2D eigenvalue weighted by Gasteiger charge is -2.25. The van der Waals surface area contributed by atoms with E-state index in [-0.39, 0.29) is 12.4 Å². The molecule has 1 aromatic heterocycles. The van der Waals surface area contributed by atoms with Crippen LogP contribution >= 0.6 is 15.9 Å². The predicted octanol–water partition coefficient (Wildman–Crippen LogP) is 3.12. The number of hydrogen-bond donors (Lipinski definition) is 1. The van der Waals surface area contributed by atoms with E-state index in [0.29, 0.717) is 15.7 Å². The molecule has 0 fully saturated rings. The van der Waals surface area contributed by atoms with Gasteiger partial charge in [0.2, 0.25) is 0 Å². The molecule has 96 valence electrons. The molecule has 0 bridgehead atoms. The third-order valence-corrected chi connectivity index (χ3v) is 3.29. The maximum Gasteiger partial charge on any atom is 0.405 e. The highest BCUT2D eigenvalue weighted by Gasteiger charge is 2.31. The SMILES string of the molecule is CCN(CC(F)(F)F)c1ncc(N)c(C)c1Br. The fraction of sp³-hybridized carbons (Fsp3) is 0.500. The zero-order valence-electron chi connectivity index (χ0n) is 9.48. The standard InChI is InChI=1S/C10H13BrF3N3/c1-3-17(5-10(12,13)14)9-8(11)6(2)7(15)4-16-9/h4H,3,5,15H2,1-2H3. The van der Waals surface area contributed by atoms with Crippen molar-refractivity contribution in [3.05, 3.63) is 16.2 Å². The molecule has 0 aliphatic heterocycles. The highest BCUT2D eigenvalue weighted by atomic mass is 79.9. The maximum atomic E-state index is 12.4. The predicted molar refractivity (Wildman–Crippen MR) is 65.0 cm³/mol. The molecule has 0 aliphatic rings. The van der Waals surface area contributed by atoms with Gasteiger partial charge in [-0.1, -0.05) is 0 Å². The van der Waals surface area contributed by atoms with Gasteiger partial charge >= 0.3 is 6.18 Å². The zero-order valence-corrected chi connectivity index (χ0v) is 11.1. The highest BCUT2D eigenvalue weighted by molar-refractivity contribution is 9.10. The minimum Gasteiger partial charge on any atom is -0.397 e. The minimum absolute atomic E-state index is 0.217. The molecule has 0 atom stereocenters. The van der Waals surface area contributed by atoms with E-state index in [1.165, 1.54) is 6.20 Å². The number of nitrogens with two attached hydrogens (primary N) is 1. The first kappa shape index (κ1) is 14.1. The number of nitrogens with zero attached hydrogens (tertiary/aromatic N) is 2. The second-order valence-electron chi connectivity index (χ2n) is 3.61. The Morgan fingerprint density at radius 3 is 2.53 bits per heavy atom. The summed E-state index contributed by atoms with van der Waals surface area (Å²) in [5, 5.41) is 0. The smallest absolute Gasteiger partial charge is 0.397 e. The molecule has 1 aromatic rings. The Morgan fingerprint density at radius 1 is 1.47 bits per heavy atom. The van der Waals surface area contributed by atoms with Gasteiger partial charge in [-0.05, 0) is 35.3 Å².